The summed E-state index contributed by atoms with van der Waals surface area (Å²) in [6, 6.07) is 4.99. The van der Waals surface area contributed by atoms with Gasteiger partial charge < -0.3 is 0 Å². The average molecular weight is 260 g/mol. The molecule has 5 heteroatoms. The molecule has 2 aromatic rings. The van der Waals surface area contributed by atoms with Crippen molar-refractivity contribution in [1.82, 2.24) is 4.98 Å². The molecule has 0 saturated heterocycles. The Morgan fingerprint density at radius 2 is 1.82 bits per heavy atom. The summed E-state index contributed by atoms with van der Waals surface area (Å²) in [5.41, 5.74) is 0.245. The largest absolute Gasteiger partial charge is 0.433 e. The molecule has 1 heterocycles. The van der Waals surface area contributed by atoms with E-state index in [2.05, 4.69) is 4.98 Å². The fourth-order valence-electron chi connectivity index (χ4n) is 1.71. The van der Waals surface area contributed by atoms with Gasteiger partial charge in [0.1, 0.15) is 5.69 Å². The number of hydrogen-bond acceptors (Lipinski definition) is 1. The van der Waals surface area contributed by atoms with Gasteiger partial charge in [0.25, 0.3) is 0 Å². The number of fused-ring (bicyclic) bond motifs is 1. The predicted octanol–water partition coefficient (Wildman–Crippen LogP) is 4.52. The van der Waals surface area contributed by atoms with Gasteiger partial charge in [0.15, 0.2) is 0 Å². The van der Waals surface area contributed by atoms with Gasteiger partial charge in [0, 0.05) is 5.39 Å². The quantitative estimate of drug-likeness (QED) is 0.678. The molecule has 1 aromatic heterocycles. The summed E-state index contributed by atoms with van der Waals surface area (Å²) in [5.74, 6) is 0. The zero-order chi connectivity index (χ0) is 12.8. The van der Waals surface area contributed by atoms with E-state index in [1.165, 1.54) is 6.92 Å². The van der Waals surface area contributed by atoms with E-state index in [0.29, 0.717) is 5.39 Å². The summed E-state index contributed by atoms with van der Waals surface area (Å²) in [7, 11) is 0. The summed E-state index contributed by atoms with van der Waals surface area (Å²) in [4.78, 5) is 3.64. The Morgan fingerprint density at radius 3 is 2.41 bits per heavy atom. The molecule has 0 aliphatic carbocycles. The maximum Gasteiger partial charge on any atom is 0.433 e. The third-order valence-corrected chi connectivity index (χ3v) is 3.06. The summed E-state index contributed by atoms with van der Waals surface area (Å²) in [6.07, 6.45) is -4.48. The molecule has 0 unspecified atom stereocenters. The topological polar surface area (TPSA) is 12.9 Å². The van der Waals surface area contributed by atoms with Crippen LogP contribution >= 0.6 is 11.6 Å². The molecule has 17 heavy (non-hydrogen) atoms. The van der Waals surface area contributed by atoms with Crippen LogP contribution in [0.25, 0.3) is 10.9 Å². The maximum absolute atomic E-state index is 12.7. The van der Waals surface area contributed by atoms with Crippen LogP contribution in [0, 0.1) is 13.8 Å². The lowest BCUT2D eigenvalue weighted by Gasteiger charge is -2.12. The van der Waals surface area contributed by atoms with Crippen molar-refractivity contribution < 1.29 is 13.2 Å². The van der Waals surface area contributed by atoms with Crippen LogP contribution in [0.15, 0.2) is 18.2 Å². The molecule has 0 amide bonds. The standard InChI is InChI=1S/C12H9ClF3N/c1-6-3-4-9-8(5-6)10(13)7(2)11(17-9)12(14,15)16/h3-5H,1-2H3. The number of benzene rings is 1. The minimum Gasteiger partial charge on any atom is -0.243 e. The van der Waals surface area contributed by atoms with E-state index in [1.54, 1.807) is 18.2 Å². The summed E-state index contributed by atoms with van der Waals surface area (Å²) in [5, 5.41) is 0.670. The summed E-state index contributed by atoms with van der Waals surface area (Å²) in [6.45, 7) is 3.18. The van der Waals surface area contributed by atoms with Crippen molar-refractivity contribution in [3.63, 3.8) is 0 Å². The highest BCUT2D eigenvalue weighted by Crippen LogP contribution is 2.36. The Morgan fingerprint density at radius 1 is 1.18 bits per heavy atom. The van der Waals surface area contributed by atoms with Gasteiger partial charge in [0.2, 0.25) is 0 Å². The van der Waals surface area contributed by atoms with Gasteiger partial charge >= 0.3 is 6.18 Å². The molecule has 2 rings (SSSR count). The normalized spacial score (nSPS) is 12.1. The Balaban J connectivity index is 2.85. The van der Waals surface area contributed by atoms with Crippen LogP contribution in [0.3, 0.4) is 0 Å². The van der Waals surface area contributed by atoms with Crippen molar-refractivity contribution >= 4 is 22.5 Å². The highest BCUT2D eigenvalue weighted by Gasteiger charge is 2.35. The Labute approximate surface area is 101 Å². The molecule has 0 fully saturated rings. The Hall–Kier alpha value is -1.29. The summed E-state index contributed by atoms with van der Waals surface area (Å²) < 4.78 is 38.1. The minimum absolute atomic E-state index is 0.0303. The molecule has 0 bridgehead atoms. The highest BCUT2D eigenvalue weighted by molar-refractivity contribution is 6.36. The first-order valence-electron chi connectivity index (χ1n) is 4.94. The lowest BCUT2D eigenvalue weighted by atomic mass is 10.1. The summed E-state index contributed by atoms with van der Waals surface area (Å²) >= 11 is 5.97. The molecule has 0 saturated carbocycles. The van der Waals surface area contributed by atoms with Gasteiger partial charge in [-0.15, -0.1) is 0 Å². The zero-order valence-corrected chi connectivity index (χ0v) is 9.95. The Bertz CT molecular complexity index is 590. The molecule has 1 nitrogen and oxygen atoms in total. The number of aryl methyl sites for hydroxylation is 1. The van der Waals surface area contributed by atoms with Crippen LogP contribution in [0.5, 0.6) is 0 Å². The van der Waals surface area contributed by atoms with Gasteiger partial charge in [-0.25, -0.2) is 4.98 Å². The van der Waals surface area contributed by atoms with Gasteiger partial charge in [-0.05, 0) is 31.5 Å². The fourth-order valence-corrected chi connectivity index (χ4v) is 1.95. The first-order chi connectivity index (χ1) is 7.80. The van der Waals surface area contributed by atoms with Crippen LogP contribution in [-0.2, 0) is 6.18 Å². The van der Waals surface area contributed by atoms with Gasteiger partial charge in [-0.1, -0.05) is 23.2 Å². The van der Waals surface area contributed by atoms with E-state index < -0.39 is 11.9 Å². The molecule has 0 N–H and O–H groups in total. The van der Waals surface area contributed by atoms with Crippen molar-refractivity contribution in [3.8, 4) is 0 Å². The molecule has 1 aromatic carbocycles. The molecule has 0 atom stereocenters. The zero-order valence-electron chi connectivity index (χ0n) is 9.19. The highest BCUT2D eigenvalue weighted by atomic mass is 35.5. The van der Waals surface area contributed by atoms with Gasteiger partial charge in [0.05, 0.1) is 10.5 Å². The van der Waals surface area contributed by atoms with Crippen molar-refractivity contribution in [1.29, 1.82) is 0 Å². The fraction of sp³-hybridized carbons (Fsp3) is 0.250. The first-order valence-corrected chi connectivity index (χ1v) is 5.32. The number of halogens is 4. The number of alkyl halides is 3. The Kier molecular flexibility index (Phi) is 2.78. The third kappa shape index (κ3) is 2.09. The number of hydrogen-bond donors (Lipinski definition) is 0. The van der Waals surface area contributed by atoms with Crippen molar-refractivity contribution in [2.45, 2.75) is 20.0 Å². The molecular weight excluding hydrogens is 251 g/mol. The molecule has 90 valence electrons. The first kappa shape index (κ1) is 12.2. The average Bonchev–Trinajstić information content (AvgIpc) is 2.22. The van der Waals surface area contributed by atoms with Crippen LogP contribution in [0.4, 0.5) is 13.2 Å². The molecule has 0 aliphatic rings. The van der Waals surface area contributed by atoms with E-state index in [-0.39, 0.29) is 16.1 Å². The second kappa shape index (κ2) is 3.88. The third-order valence-electron chi connectivity index (χ3n) is 2.57. The van der Waals surface area contributed by atoms with Gasteiger partial charge in [-0.3, -0.25) is 0 Å². The number of pyridine rings is 1. The van der Waals surface area contributed by atoms with E-state index in [9.17, 15) is 13.2 Å². The number of rotatable bonds is 0. The molecule has 0 spiro atoms. The lowest BCUT2D eigenvalue weighted by molar-refractivity contribution is -0.141. The van der Waals surface area contributed by atoms with Crippen molar-refractivity contribution in [3.05, 3.63) is 40.0 Å². The van der Waals surface area contributed by atoms with Crippen LogP contribution in [-0.4, -0.2) is 4.98 Å². The van der Waals surface area contributed by atoms with Crippen LogP contribution in [0.2, 0.25) is 5.02 Å². The van der Waals surface area contributed by atoms with Crippen LogP contribution in [0.1, 0.15) is 16.8 Å². The van der Waals surface area contributed by atoms with E-state index >= 15 is 0 Å². The SMILES string of the molecule is Cc1ccc2nc(C(F)(F)F)c(C)c(Cl)c2c1. The predicted molar refractivity (Wildman–Crippen MR) is 61.2 cm³/mol. The smallest absolute Gasteiger partial charge is 0.243 e. The van der Waals surface area contributed by atoms with Crippen molar-refractivity contribution in [2.24, 2.45) is 0 Å². The molecule has 0 aliphatic heterocycles. The number of aromatic nitrogens is 1. The van der Waals surface area contributed by atoms with E-state index in [4.69, 9.17) is 11.6 Å². The minimum atomic E-state index is -4.48. The second-order valence-corrected chi connectivity index (χ2v) is 4.30. The molecular formula is C12H9ClF3N. The van der Waals surface area contributed by atoms with E-state index in [1.807, 2.05) is 6.92 Å². The maximum atomic E-state index is 12.7. The second-order valence-electron chi connectivity index (χ2n) is 3.92. The lowest BCUT2D eigenvalue weighted by Crippen LogP contribution is -2.11. The van der Waals surface area contributed by atoms with Crippen LogP contribution < -0.4 is 0 Å². The van der Waals surface area contributed by atoms with Gasteiger partial charge in [-0.2, -0.15) is 13.2 Å². The van der Waals surface area contributed by atoms with E-state index in [0.717, 1.165) is 5.56 Å². The van der Waals surface area contributed by atoms with Crippen molar-refractivity contribution in [2.75, 3.05) is 0 Å². The monoisotopic (exact) mass is 259 g/mol. The number of nitrogens with zero attached hydrogens (tertiary/aromatic N) is 1. The molecule has 0 radical (unpaired) electrons.